The van der Waals surface area contributed by atoms with Crippen molar-refractivity contribution in [2.45, 2.75) is 19.3 Å². The Morgan fingerprint density at radius 3 is 2.00 bits per heavy atom. The van der Waals surface area contributed by atoms with Crippen molar-refractivity contribution in [2.24, 2.45) is 0 Å². The Kier molecular flexibility index (Phi) is 6.16. The quantitative estimate of drug-likeness (QED) is 0.188. The fraction of sp³-hybridized carbons (Fsp3) is 0.0682. The van der Waals surface area contributed by atoms with Gasteiger partial charge >= 0.3 is 0 Å². The van der Waals surface area contributed by atoms with Gasteiger partial charge in [-0.25, -0.2) is 9.97 Å². The van der Waals surface area contributed by atoms with Gasteiger partial charge in [-0.05, 0) is 85.8 Å². The summed E-state index contributed by atoms with van der Waals surface area (Å²) in [4.78, 5) is 14.6. The van der Waals surface area contributed by atoms with Crippen molar-refractivity contribution in [2.75, 3.05) is 0 Å². The predicted octanol–water partition coefficient (Wildman–Crippen LogP) is 11.2. The molecule has 0 amide bonds. The van der Waals surface area contributed by atoms with E-state index in [0.29, 0.717) is 5.82 Å². The van der Waals surface area contributed by atoms with Crippen LogP contribution in [0.3, 0.4) is 0 Å². The number of pyridine rings is 1. The van der Waals surface area contributed by atoms with E-state index in [1.165, 1.54) is 43.8 Å². The summed E-state index contributed by atoms with van der Waals surface area (Å²) in [6.07, 6.45) is 3.68. The zero-order valence-electron chi connectivity index (χ0n) is 26.3. The molecule has 6 aromatic carbocycles. The molecule has 3 heteroatoms. The van der Waals surface area contributed by atoms with Crippen molar-refractivity contribution in [3.05, 3.63) is 163 Å². The van der Waals surface area contributed by atoms with Crippen LogP contribution in [0.4, 0.5) is 0 Å². The van der Waals surface area contributed by atoms with Gasteiger partial charge in [0.1, 0.15) is 0 Å². The molecule has 9 rings (SSSR count). The van der Waals surface area contributed by atoms with E-state index in [9.17, 15) is 0 Å². The molecule has 3 nitrogen and oxygen atoms in total. The van der Waals surface area contributed by atoms with E-state index in [1.807, 2.05) is 18.3 Å². The van der Waals surface area contributed by atoms with Crippen LogP contribution in [0.15, 0.2) is 152 Å². The third-order valence-corrected chi connectivity index (χ3v) is 9.74. The molecule has 0 saturated heterocycles. The van der Waals surface area contributed by atoms with E-state index < -0.39 is 0 Å². The van der Waals surface area contributed by atoms with Crippen molar-refractivity contribution in [1.29, 1.82) is 0 Å². The van der Waals surface area contributed by atoms with Crippen LogP contribution in [-0.4, -0.2) is 15.0 Å². The summed E-state index contributed by atoms with van der Waals surface area (Å²) >= 11 is 0. The normalized spacial score (nSPS) is 13.1. The first-order valence-corrected chi connectivity index (χ1v) is 16.1. The minimum atomic E-state index is -0.0163. The molecule has 0 N–H and O–H groups in total. The molecule has 0 fully saturated rings. The molecule has 0 saturated carbocycles. The lowest BCUT2D eigenvalue weighted by molar-refractivity contribution is 0.661. The standard InChI is InChI=1S/C44H31N3/c1-44(2)39-16-7-6-15-36(39)38-25-37-31(24-40(38)44)18-17-30-23-32(19-20-35(30)37)42-26-41(28-10-4-3-5-11-28)46-43(47-42)33-13-8-12-29(22-33)34-14-9-21-45-27-34/h3-27H,1-2H3. The number of benzene rings is 6. The molecule has 1 aliphatic rings. The van der Waals surface area contributed by atoms with Crippen LogP contribution in [0.5, 0.6) is 0 Å². The monoisotopic (exact) mass is 601 g/mol. The van der Waals surface area contributed by atoms with Crippen molar-refractivity contribution in [3.8, 4) is 56.2 Å². The smallest absolute Gasteiger partial charge is 0.160 e. The topological polar surface area (TPSA) is 38.7 Å². The largest absolute Gasteiger partial charge is 0.264 e. The zero-order valence-corrected chi connectivity index (χ0v) is 26.3. The van der Waals surface area contributed by atoms with Crippen LogP contribution < -0.4 is 0 Å². The fourth-order valence-corrected chi connectivity index (χ4v) is 7.27. The number of hydrogen-bond acceptors (Lipinski definition) is 3. The Bertz CT molecular complexity index is 2480. The number of aromatic nitrogens is 3. The summed E-state index contributed by atoms with van der Waals surface area (Å²) in [5.41, 5.74) is 12.5. The first-order chi connectivity index (χ1) is 23.0. The zero-order chi connectivity index (χ0) is 31.5. The van der Waals surface area contributed by atoms with Gasteiger partial charge in [-0.1, -0.05) is 117 Å². The maximum absolute atomic E-state index is 5.16. The van der Waals surface area contributed by atoms with Gasteiger partial charge in [-0.15, -0.1) is 0 Å². The van der Waals surface area contributed by atoms with Crippen LogP contribution in [0.1, 0.15) is 25.0 Å². The SMILES string of the molecule is CC1(C)c2ccccc2-c2cc3c(ccc4cc(-c5cc(-c6ccccc6)nc(-c6cccc(-c7cccnc7)c6)n5)ccc43)cc21. The lowest BCUT2D eigenvalue weighted by atomic mass is 9.81. The lowest BCUT2D eigenvalue weighted by Gasteiger charge is -2.21. The Morgan fingerprint density at radius 1 is 0.447 bits per heavy atom. The maximum Gasteiger partial charge on any atom is 0.160 e. The van der Waals surface area contributed by atoms with Gasteiger partial charge in [0, 0.05) is 40.1 Å². The molecule has 0 atom stereocenters. The van der Waals surface area contributed by atoms with E-state index in [4.69, 9.17) is 9.97 Å². The molecular weight excluding hydrogens is 571 g/mol. The molecule has 0 radical (unpaired) electrons. The molecule has 47 heavy (non-hydrogen) atoms. The van der Waals surface area contributed by atoms with Crippen LogP contribution in [0.25, 0.3) is 77.7 Å². The summed E-state index contributed by atoms with van der Waals surface area (Å²) in [7, 11) is 0. The Labute approximate surface area is 274 Å². The molecule has 0 aliphatic heterocycles. The third kappa shape index (κ3) is 4.54. The summed E-state index contributed by atoms with van der Waals surface area (Å²) in [6.45, 7) is 4.68. The minimum Gasteiger partial charge on any atom is -0.264 e. The van der Waals surface area contributed by atoms with Crippen LogP contribution >= 0.6 is 0 Å². The van der Waals surface area contributed by atoms with E-state index in [-0.39, 0.29) is 5.41 Å². The fourth-order valence-electron chi connectivity index (χ4n) is 7.27. The first-order valence-electron chi connectivity index (χ1n) is 16.1. The average molecular weight is 602 g/mol. The minimum absolute atomic E-state index is 0.0163. The van der Waals surface area contributed by atoms with Gasteiger partial charge in [0.15, 0.2) is 5.82 Å². The summed E-state index contributed by atoms with van der Waals surface area (Å²) < 4.78 is 0. The molecular formula is C44H31N3. The second-order valence-corrected chi connectivity index (χ2v) is 12.9. The highest BCUT2D eigenvalue weighted by Gasteiger charge is 2.35. The lowest BCUT2D eigenvalue weighted by Crippen LogP contribution is -2.14. The number of fused-ring (bicyclic) bond motifs is 6. The Balaban J connectivity index is 1.19. The highest BCUT2D eigenvalue weighted by atomic mass is 14.9. The van der Waals surface area contributed by atoms with Crippen molar-refractivity contribution < 1.29 is 0 Å². The van der Waals surface area contributed by atoms with Crippen LogP contribution in [0.2, 0.25) is 0 Å². The van der Waals surface area contributed by atoms with Crippen molar-refractivity contribution >= 4 is 21.5 Å². The summed E-state index contributed by atoms with van der Waals surface area (Å²) in [5.74, 6) is 0.697. The Hall–Kier alpha value is -5.93. The molecule has 0 unspecified atom stereocenters. The van der Waals surface area contributed by atoms with Gasteiger partial charge in [-0.2, -0.15) is 0 Å². The van der Waals surface area contributed by atoms with Gasteiger partial charge in [0.05, 0.1) is 11.4 Å². The highest BCUT2D eigenvalue weighted by molar-refractivity contribution is 6.10. The van der Waals surface area contributed by atoms with E-state index in [2.05, 4.69) is 146 Å². The Morgan fingerprint density at radius 2 is 1.17 bits per heavy atom. The maximum atomic E-state index is 5.16. The number of rotatable bonds is 4. The van der Waals surface area contributed by atoms with Crippen molar-refractivity contribution in [3.63, 3.8) is 0 Å². The number of nitrogens with zero attached hydrogens (tertiary/aromatic N) is 3. The van der Waals surface area contributed by atoms with Gasteiger partial charge in [-0.3, -0.25) is 4.98 Å². The van der Waals surface area contributed by atoms with E-state index >= 15 is 0 Å². The predicted molar refractivity (Wildman–Crippen MR) is 194 cm³/mol. The molecule has 222 valence electrons. The van der Waals surface area contributed by atoms with Crippen LogP contribution in [0, 0.1) is 0 Å². The highest BCUT2D eigenvalue weighted by Crippen LogP contribution is 2.50. The van der Waals surface area contributed by atoms with E-state index in [0.717, 1.165) is 39.2 Å². The molecule has 0 bridgehead atoms. The second-order valence-electron chi connectivity index (χ2n) is 12.9. The number of hydrogen-bond donors (Lipinski definition) is 0. The second kappa shape index (κ2) is 10.6. The van der Waals surface area contributed by atoms with Gasteiger partial charge in [0.2, 0.25) is 0 Å². The average Bonchev–Trinajstić information content (AvgIpc) is 3.36. The third-order valence-electron chi connectivity index (χ3n) is 9.74. The van der Waals surface area contributed by atoms with Crippen molar-refractivity contribution in [1.82, 2.24) is 15.0 Å². The molecule has 2 heterocycles. The van der Waals surface area contributed by atoms with Gasteiger partial charge in [0.25, 0.3) is 0 Å². The summed E-state index contributed by atoms with van der Waals surface area (Å²) in [6, 6.07) is 49.8. The van der Waals surface area contributed by atoms with E-state index in [1.54, 1.807) is 6.20 Å². The first kappa shape index (κ1) is 27.4. The molecule has 8 aromatic rings. The molecule has 1 aliphatic carbocycles. The van der Waals surface area contributed by atoms with Gasteiger partial charge < -0.3 is 0 Å². The summed E-state index contributed by atoms with van der Waals surface area (Å²) in [5, 5.41) is 4.99. The molecule has 2 aromatic heterocycles. The molecule has 0 spiro atoms. The van der Waals surface area contributed by atoms with Crippen LogP contribution in [-0.2, 0) is 5.41 Å².